The second kappa shape index (κ2) is 29.2. The van der Waals surface area contributed by atoms with Gasteiger partial charge in [-0.2, -0.15) is 21.0 Å². The van der Waals surface area contributed by atoms with Gasteiger partial charge in [0.15, 0.2) is 5.41 Å². The predicted octanol–water partition coefficient (Wildman–Crippen LogP) is 16.2. The Morgan fingerprint density at radius 1 is 0.607 bits per heavy atom. The number of aliphatic carboxylic acids is 1. The molecule has 14 heteroatoms. The van der Waals surface area contributed by atoms with Crippen molar-refractivity contribution in [3.8, 4) is 24.3 Å². The Balaban J connectivity index is 0.000000129. The van der Waals surface area contributed by atoms with Crippen molar-refractivity contribution in [3.63, 3.8) is 0 Å². The van der Waals surface area contributed by atoms with Crippen LogP contribution in [0.3, 0.4) is 0 Å². The molecule has 14 aliphatic rings. The van der Waals surface area contributed by atoms with Crippen molar-refractivity contribution in [3.05, 3.63) is 11.6 Å². The van der Waals surface area contributed by atoms with Crippen molar-refractivity contribution in [1.82, 2.24) is 5.32 Å². The molecule has 2 N–H and O–H groups in total. The van der Waals surface area contributed by atoms with Crippen LogP contribution in [-0.4, -0.2) is 59.8 Å². The molecule has 12 nitrogen and oxygen atoms in total. The Labute approximate surface area is 522 Å². The summed E-state index contributed by atoms with van der Waals surface area (Å²) in [4.78, 5) is 44.7. The van der Waals surface area contributed by atoms with Crippen LogP contribution in [-0.2, 0) is 28.7 Å². The van der Waals surface area contributed by atoms with Crippen LogP contribution < -0.4 is 5.32 Å². The van der Waals surface area contributed by atoms with Gasteiger partial charge in [-0.05, 0) is 294 Å². The predicted molar refractivity (Wildman–Crippen MR) is 332 cm³/mol. The lowest BCUT2D eigenvalue weighted by atomic mass is 9.76. The molecule has 1 amide bonds. The lowest BCUT2D eigenvalue weighted by Gasteiger charge is -2.33. The molecule has 14 fully saturated rings. The van der Waals surface area contributed by atoms with E-state index in [0.717, 1.165) is 124 Å². The Hall–Kier alpha value is -3.46. The van der Waals surface area contributed by atoms with E-state index in [1.54, 1.807) is 6.92 Å². The van der Waals surface area contributed by atoms with Gasteiger partial charge in [-0.25, -0.2) is 0 Å². The number of rotatable bonds is 11. The van der Waals surface area contributed by atoms with Crippen LogP contribution in [0.2, 0.25) is 0 Å². The van der Waals surface area contributed by atoms with E-state index in [0.29, 0.717) is 48.0 Å². The first kappa shape index (κ1) is 66.5. The summed E-state index contributed by atoms with van der Waals surface area (Å²) in [5.74, 6) is 11.5. The minimum atomic E-state index is -0.804. The van der Waals surface area contributed by atoms with Gasteiger partial charge in [-0.3, -0.25) is 19.2 Å². The van der Waals surface area contributed by atoms with Crippen molar-refractivity contribution >= 4 is 55.7 Å². The van der Waals surface area contributed by atoms with Crippen molar-refractivity contribution in [2.45, 2.75) is 227 Å². The third kappa shape index (κ3) is 15.7. The Morgan fingerprint density at radius 2 is 1.04 bits per heavy atom. The van der Waals surface area contributed by atoms with Gasteiger partial charge in [-0.1, -0.05) is 50.4 Å². The van der Waals surface area contributed by atoms with E-state index in [1.165, 1.54) is 152 Å². The zero-order valence-electron chi connectivity index (χ0n) is 51.9. The van der Waals surface area contributed by atoms with E-state index < -0.39 is 16.8 Å². The van der Waals surface area contributed by atoms with Crippen LogP contribution in [0.4, 0.5) is 0 Å². The molecular weight excluding hydrogens is 1180 g/mol. The summed E-state index contributed by atoms with van der Waals surface area (Å²) in [7, 11) is 1.39. The minimum absolute atomic E-state index is 0.00308. The molecule has 14 rings (SSSR count). The lowest BCUT2D eigenvalue weighted by molar-refractivity contribution is -0.152. The number of carboxylic acids is 1. The zero-order chi connectivity index (χ0) is 60.5. The van der Waals surface area contributed by atoms with Gasteiger partial charge in [0.1, 0.15) is 0 Å². The summed E-state index contributed by atoms with van der Waals surface area (Å²) < 4.78 is 9.62. The molecule has 13 saturated carbocycles. The van der Waals surface area contributed by atoms with E-state index in [9.17, 15) is 24.4 Å². The van der Waals surface area contributed by atoms with Crippen molar-refractivity contribution in [2.24, 2.45) is 116 Å². The number of fused-ring (bicyclic) bond motifs is 6. The molecule has 19 atom stereocenters. The van der Waals surface area contributed by atoms with Gasteiger partial charge in [-0.15, -0.1) is 0 Å². The molecule has 1 aliphatic heterocycles. The number of nitrogens with zero attached hydrogens (tertiary/aromatic N) is 4. The number of ether oxygens (including phenoxy) is 2. The molecular formula is C70H103Br2N5O7. The summed E-state index contributed by atoms with van der Waals surface area (Å²) in [5.41, 5.74) is 0.712. The summed E-state index contributed by atoms with van der Waals surface area (Å²) in [5, 5.41) is 50.4. The van der Waals surface area contributed by atoms with Crippen LogP contribution in [0.15, 0.2) is 11.6 Å². The van der Waals surface area contributed by atoms with Crippen LogP contribution in [0.1, 0.15) is 227 Å². The molecule has 0 aromatic carbocycles. The Morgan fingerprint density at radius 3 is 1.36 bits per heavy atom. The average Bonchev–Trinajstić information content (AvgIpc) is 2.64. The molecule has 0 aromatic rings. The second-order valence-electron chi connectivity index (χ2n) is 30.1. The molecule has 1 heterocycles. The minimum Gasteiger partial charge on any atom is -0.481 e. The molecule has 13 aliphatic carbocycles. The summed E-state index contributed by atoms with van der Waals surface area (Å²) in [6.45, 7) is 9.51. The Bertz CT molecular complexity index is 2420. The molecule has 84 heavy (non-hydrogen) atoms. The molecule has 1 spiro atoms. The maximum Gasteiger partial charge on any atom is 0.326 e. The van der Waals surface area contributed by atoms with Crippen LogP contribution in [0.5, 0.6) is 0 Å². The normalized spacial score (nSPS) is 42.1. The highest BCUT2D eigenvalue weighted by atomic mass is 79.9. The standard InChI is InChI=1S/C13H19N.2C11H15NO2.C11H18O2.C10H15NO.C8H11N.C6H10Br2/c1-10(2)5-6-13(9-14)7-11-3-4-12(11)8-13;1-14-10(13)6-11(7-12)4-8-2-3-9(8)5-11;1-2-14-10(13)11(7-12)5-8-3-4-9(8)6-11;1-2-11(7-10(12)13)5-8-3-4-9(8)6-11;12-9-5-10(6-11-9)3-7-1-2-8(7)4-10;9-5-6-3-7-1-2-8(7)4-6;7-3-5-1-2-6(5)4-8/h5,11-12H,3-4,6-8H2,1-2H3;2*8-9H,2-6H2,1H3;8-9H,2-7H2,1H3,(H,12,13);7-8H,1-6H2,(H,11,12);6-8H,1-4H2;5-6H,1-4H2/t11-,12+,13?;8-,9+,11?;;8-,9+,11?;7-,8+,10?;6?,7-,8+;5-,6+. The molecule has 1 saturated heterocycles. The van der Waals surface area contributed by atoms with E-state index in [-0.39, 0.29) is 35.1 Å². The van der Waals surface area contributed by atoms with E-state index in [4.69, 9.17) is 25.6 Å². The third-order valence-corrected chi connectivity index (χ3v) is 26.5. The van der Waals surface area contributed by atoms with Gasteiger partial charge in [0, 0.05) is 29.5 Å². The number of carbonyl (C=O) groups is 4. The quantitative estimate of drug-likeness (QED) is 0.113. The third-order valence-electron chi connectivity index (χ3n) is 24.8. The van der Waals surface area contributed by atoms with Crippen LogP contribution in [0, 0.1) is 161 Å². The first-order valence-electron chi connectivity index (χ1n) is 33.4. The van der Waals surface area contributed by atoms with Crippen molar-refractivity contribution < 1.29 is 33.8 Å². The fraction of sp³-hybridized carbons (Fsp3) is 0.857. The first-order chi connectivity index (χ1) is 40.3. The average molecular weight is 1290 g/mol. The fourth-order valence-corrected chi connectivity index (χ4v) is 20.2. The highest BCUT2D eigenvalue weighted by molar-refractivity contribution is 9.09. The van der Waals surface area contributed by atoms with Crippen molar-refractivity contribution in [2.75, 3.05) is 30.9 Å². The number of allylic oxidation sites excluding steroid dienone is 2. The number of carbonyl (C=O) groups excluding carboxylic acids is 3. The van der Waals surface area contributed by atoms with Gasteiger partial charge in [0.2, 0.25) is 5.91 Å². The van der Waals surface area contributed by atoms with Crippen LogP contribution >= 0.6 is 31.9 Å². The fourth-order valence-electron chi connectivity index (χ4n) is 18.5. The molecule has 0 bridgehead atoms. The van der Waals surface area contributed by atoms with Gasteiger partial charge in [0.25, 0.3) is 0 Å². The van der Waals surface area contributed by atoms with Gasteiger partial charge >= 0.3 is 17.9 Å². The van der Waals surface area contributed by atoms with E-state index in [1.807, 2.05) is 0 Å². The number of esters is 2. The summed E-state index contributed by atoms with van der Waals surface area (Å²) >= 11 is 6.97. The maximum atomic E-state index is 11.7. The van der Waals surface area contributed by atoms with Crippen molar-refractivity contribution in [1.29, 1.82) is 21.0 Å². The van der Waals surface area contributed by atoms with E-state index in [2.05, 4.69) is 93.0 Å². The summed E-state index contributed by atoms with van der Waals surface area (Å²) in [6, 6.07) is 9.48. The maximum absolute atomic E-state index is 11.7. The number of carboxylic acid groups (broad SMARTS) is 1. The number of hydrogen-bond acceptors (Lipinski definition) is 10. The highest BCUT2D eigenvalue weighted by Gasteiger charge is 2.56. The molecule has 7 unspecified atom stereocenters. The smallest absolute Gasteiger partial charge is 0.326 e. The van der Waals surface area contributed by atoms with Gasteiger partial charge < -0.3 is 19.9 Å². The molecule has 0 radical (unpaired) electrons. The zero-order valence-corrected chi connectivity index (χ0v) is 55.1. The number of nitrogens with one attached hydrogen (secondary N) is 1. The lowest BCUT2D eigenvalue weighted by Crippen LogP contribution is -2.28. The second-order valence-corrected chi connectivity index (χ2v) is 31.4. The monoisotopic (exact) mass is 1280 g/mol. The topological polar surface area (TPSA) is 214 Å². The Kier molecular flexibility index (Phi) is 23.1. The van der Waals surface area contributed by atoms with Gasteiger partial charge in [0.05, 0.1) is 61.7 Å². The molecule has 0 aromatic heterocycles. The first-order valence-corrected chi connectivity index (χ1v) is 35.6. The molecule has 464 valence electrons. The summed E-state index contributed by atoms with van der Waals surface area (Å²) in [6.07, 6.45) is 37.7. The van der Waals surface area contributed by atoms with Crippen LogP contribution in [0.25, 0.3) is 0 Å². The largest absolute Gasteiger partial charge is 0.481 e. The number of halogens is 2. The number of nitriles is 4. The number of amides is 1. The number of alkyl halides is 2. The highest BCUT2D eigenvalue weighted by Crippen LogP contribution is 2.61. The van der Waals surface area contributed by atoms with E-state index >= 15 is 0 Å². The number of hydrogen-bond donors (Lipinski definition) is 2. The SMILES string of the molecule is BrC[C@@H]1CC[C@@H]1CBr.CC(C)=CCC1(C#N)C[C@H]2CC[C@H]2C1.CCC1(CC(=O)O)C[C@H]2CC[C@H]2C1.CCOC(=O)C1(C#N)CC2CCC2C1.COC(=O)CC1(C#N)C[C@H]2CC[C@H]2C1.N#CC1C[C@H]2CC[C@H]2C1.O=C1CC2(CN1)C[C@H]1CC[C@H]1C2. The number of methoxy groups -OCH3 is 1.